The lowest BCUT2D eigenvalue weighted by molar-refractivity contribution is 0.563. The van der Waals surface area contributed by atoms with E-state index >= 15 is 0 Å². The number of aryl methyl sites for hydroxylation is 3. The average Bonchev–Trinajstić information content (AvgIpc) is 2.68. The minimum atomic E-state index is 0.0978. The average molecular weight is 323 g/mol. The first-order valence-electron chi connectivity index (χ1n) is 6.40. The van der Waals surface area contributed by atoms with Crippen molar-refractivity contribution in [3.63, 3.8) is 0 Å². The number of hydrogen-bond acceptors (Lipinski definition) is 3. The van der Waals surface area contributed by atoms with Gasteiger partial charge in [0.15, 0.2) is 4.60 Å². The Labute approximate surface area is 122 Å². The Bertz CT molecular complexity index is 537. The van der Waals surface area contributed by atoms with Crippen molar-refractivity contribution >= 4 is 15.9 Å². The van der Waals surface area contributed by atoms with E-state index in [1.54, 1.807) is 0 Å². The molecule has 4 nitrogen and oxygen atoms in total. The monoisotopic (exact) mass is 322 g/mol. The number of benzene rings is 1. The van der Waals surface area contributed by atoms with Gasteiger partial charge in [-0.05, 0) is 53.0 Å². The topological polar surface area (TPSA) is 42.7 Å². The highest BCUT2D eigenvalue weighted by Crippen LogP contribution is 2.30. The van der Waals surface area contributed by atoms with Gasteiger partial charge in [0, 0.05) is 7.05 Å². The van der Waals surface area contributed by atoms with Gasteiger partial charge in [0.2, 0.25) is 0 Å². The molecule has 1 N–H and O–H groups in total. The highest BCUT2D eigenvalue weighted by Gasteiger charge is 2.23. The molecule has 0 aliphatic carbocycles. The molecule has 5 heteroatoms. The van der Waals surface area contributed by atoms with Gasteiger partial charge in [0.05, 0.1) is 11.7 Å². The predicted octanol–water partition coefficient (Wildman–Crippen LogP) is 2.89. The van der Waals surface area contributed by atoms with Gasteiger partial charge in [-0.3, -0.25) is 0 Å². The van der Waals surface area contributed by atoms with Gasteiger partial charge < -0.3 is 5.32 Å². The summed E-state index contributed by atoms with van der Waals surface area (Å²) < 4.78 is 2.62. The van der Waals surface area contributed by atoms with Crippen molar-refractivity contribution in [2.45, 2.75) is 26.8 Å². The van der Waals surface area contributed by atoms with Crippen LogP contribution in [0.15, 0.2) is 22.8 Å². The molecule has 0 saturated heterocycles. The van der Waals surface area contributed by atoms with Crippen LogP contribution in [-0.2, 0) is 7.05 Å². The van der Waals surface area contributed by atoms with Crippen molar-refractivity contribution in [2.24, 2.45) is 7.05 Å². The molecule has 0 saturated carbocycles. The number of rotatable bonds is 4. The predicted molar refractivity (Wildman–Crippen MR) is 80.1 cm³/mol. The van der Waals surface area contributed by atoms with Crippen LogP contribution < -0.4 is 5.32 Å². The maximum atomic E-state index is 4.09. The van der Waals surface area contributed by atoms with Gasteiger partial charge in [0.25, 0.3) is 0 Å². The lowest BCUT2D eigenvalue weighted by atomic mass is 9.94. The summed E-state index contributed by atoms with van der Waals surface area (Å²) >= 11 is 3.50. The summed E-state index contributed by atoms with van der Waals surface area (Å²) in [5, 5.41) is 11.7. The summed E-state index contributed by atoms with van der Waals surface area (Å²) in [7, 11) is 1.92. The standard InChI is InChI=1S/C14H19BrN4/c1-5-16-12(13-14(15)17-18-19(13)4)11-9(2)7-6-8-10(11)3/h6-8,12,16H,5H2,1-4H3. The minimum absolute atomic E-state index is 0.0978. The number of nitrogens with one attached hydrogen (secondary N) is 1. The van der Waals surface area contributed by atoms with Gasteiger partial charge in [0.1, 0.15) is 0 Å². The Kier molecular flexibility index (Phi) is 4.37. The van der Waals surface area contributed by atoms with E-state index in [0.717, 1.165) is 16.8 Å². The van der Waals surface area contributed by atoms with Crippen molar-refractivity contribution < 1.29 is 0 Å². The van der Waals surface area contributed by atoms with E-state index in [9.17, 15) is 0 Å². The Balaban J connectivity index is 2.58. The van der Waals surface area contributed by atoms with Gasteiger partial charge in [-0.1, -0.05) is 30.3 Å². The number of hydrogen-bond donors (Lipinski definition) is 1. The molecule has 102 valence electrons. The van der Waals surface area contributed by atoms with E-state index in [1.807, 2.05) is 11.7 Å². The normalized spacial score (nSPS) is 12.7. The first-order chi connectivity index (χ1) is 9.06. The second-order valence-corrected chi connectivity index (χ2v) is 5.44. The highest BCUT2D eigenvalue weighted by atomic mass is 79.9. The van der Waals surface area contributed by atoms with Crippen LogP contribution in [0.4, 0.5) is 0 Å². The number of halogens is 1. The smallest absolute Gasteiger partial charge is 0.153 e. The third-order valence-corrected chi connectivity index (χ3v) is 3.90. The Morgan fingerprint density at radius 3 is 2.42 bits per heavy atom. The van der Waals surface area contributed by atoms with Gasteiger partial charge in [-0.15, -0.1) is 5.10 Å². The Morgan fingerprint density at radius 1 is 1.32 bits per heavy atom. The second kappa shape index (κ2) is 5.84. The van der Waals surface area contributed by atoms with Crippen LogP contribution >= 0.6 is 15.9 Å². The first kappa shape index (κ1) is 14.2. The van der Waals surface area contributed by atoms with Crippen LogP contribution in [0, 0.1) is 13.8 Å². The van der Waals surface area contributed by atoms with Crippen LogP contribution in [0.3, 0.4) is 0 Å². The summed E-state index contributed by atoms with van der Waals surface area (Å²) in [4.78, 5) is 0. The van der Waals surface area contributed by atoms with Crippen molar-refractivity contribution in [2.75, 3.05) is 6.54 Å². The fourth-order valence-corrected chi connectivity index (χ4v) is 3.02. The molecule has 0 aliphatic rings. The molecule has 2 rings (SSSR count). The summed E-state index contributed by atoms with van der Waals surface area (Å²) in [6, 6.07) is 6.48. The van der Waals surface area contributed by atoms with E-state index < -0.39 is 0 Å². The molecule has 0 amide bonds. The summed E-state index contributed by atoms with van der Waals surface area (Å²) in [5.74, 6) is 0. The highest BCUT2D eigenvalue weighted by molar-refractivity contribution is 9.10. The molecular weight excluding hydrogens is 304 g/mol. The van der Waals surface area contributed by atoms with Crippen LogP contribution in [0.1, 0.15) is 35.3 Å². The minimum Gasteiger partial charge on any atom is -0.305 e. The maximum absolute atomic E-state index is 4.09. The zero-order chi connectivity index (χ0) is 14.0. The van der Waals surface area contributed by atoms with Crippen molar-refractivity contribution in [1.82, 2.24) is 20.3 Å². The summed E-state index contributed by atoms with van der Waals surface area (Å²) in [5.41, 5.74) is 4.91. The summed E-state index contributed by atoms with van der Waals surface area (Å²) in [6.45, 7) is 7.28. The van der Waals surface area contributed by atoms with Crippen LogP contribution in [0.2, 0.25) is 0 Å². The van der Waals surface area contributed by atoms with E-state index in [-0.39, 0.29) is 6.04 Å². The molecule has 0 bridgehead atoms. The van der Waals surface area contributed by atoms with Crippen LogP contribution in [0.25, 0.3) is 0 Å². The van der Waals surface area contributed by atoms with Crippen LogP contribution in [-0.4, -0.2) is 21.5 Å². The molecule has 0 fully saturated rings. The molecule has 1 atom stereocenters. The summed E-state index contributed by atoms with van der Waals surface area (Å²) in [6.07, 6.45) is 0. The maximum Gasteiger partial charge on any atom is 0.153 e. The molecular formula is C14H19BrN4. The van der Waals surface area contributed by atoms with Gasteiger partial charge >= 0.3 is 0 Å². The van der Waals surface area contributed by atoms with Crippen LogP contribution in [0.5, 0.6) is 0 Å². The van der Waals surface area contributed by atoms with Crippen molar-refractivity contribution in [1.29, 1.82) is 0 Å². The van der Waals surface area contributed by atoms with E-state index in [0.29, 0.717) is 0 Å². The van der Waals surface area contributed by atoms with Crippen molar-refractivity contribution in [3.8, 4) is 0 Å². The zero-order valence-electron chi connectivity index (χ0n) is 11.7. The Morgan fingerprint density at radius 2 is 1.95 bits per heavy atom. The first-order valence-corrected chi connectivity index (χ1v) is 7.20. The Hall–Kier alpha value is -1.20. The van der Waals surface area contributed by atoms with Gasteiger partial charge in [-0.25, -0.2) is 4.68 Å². The fraction of sp³-hybridized carbons (Fsp3) is 0.429. The fourth-order valence-electron chi connectivity index (χ4n) is 2.47. The molecule has 19 heavy (non-hydrogen) atoms. The molecule has 2 aromatic rings. The largest absolute Gasteiger partial charge is 0.305 e. The van der Waals surface area contributed by atoms with Crippen molar-refractivity contribution in [3.05, 3.63) is 45.2 Å². The van der Waals surface area contributed by atoms with E-state index in [1.165, 1.54) is 16.7 Å². The molecule has 1 unspecified atom stereocenters. The lowest BCUT2D eigenvalue weighted by Gasteiger charge is -2.22. The zero-order valence-corrected chi connectivity index (χ0v) is 13.3. The number of nitrogens with zero attached hydrogens (tertiary/aromatic N) is 3. The second-order valence-electron chi connectivity index (χ2n) is 4.69. The molecule has 1 aromatic heterocycles. The quantitative estimate of drug-likeness (QED) is 0.941. The van der Waals surface area contributed by atoms with E-state index in [4.69, 9.17) is 0 Å². The third-order valence-electron chi connectivity index (χ3n) is 3.34. The molecule has 0 aliphatic heterocycles. The van der Waals surface area contributed by atoms with E-state index in [2.05, 4.69) is 70.5 Å². The SMILES string of the molecule is CCNC(c1c(C)cccc1C)c1c(Br)nnn1C. The molecule has 0 radical (unpaired) electrons. The molecule has 1 aromatic carbocycles. The molecule has 1 heterocycles. The third kappa shape index (κ3) is 2.72. The van der Waals surface area contributed by atoms with Gasteiger partial charge in [-0.2, -0.15) is 0 Å². The lowest BCUT2D eigenvalue weighted by Crippen LogP contribution is -2.26. The molecule has 0 spiro atoms. The number of aromatic nitrogens is 3.